The van der Waals surface area contributed by atoms with Gasteiger partial charge in [-0.2, -0.15) is 12.7 Å². The monoisotopic (exact) mass is 250 g/mol. The standard InChI is InChI=1S/C10H22N2O3S/c1-10-4-7-12(8-5-10)16(14,15)11-6-2-3-9-13/h10-11,13H,2-9H2,1H3. The van der Waals surface area contributed by atoms with Crippen molar-refractivity contribution in [2.75, 3.05) is 26.2 Å². The summed E-state index contributed by atoms with van der Waals surface area (Å²) >= 11 is 0. The normalized spacial score (nSPS) is 20.1. The van der Waals surface area contributed by atoms with Crippen molar-refractivity contribution >= 4 is 10.2 Å². The highest BCUT2D eigenvalue weighted by Gasteiger charge is 2.25. The van der Waals surface area contributed by atoms with E-state index in [1.807, 2.05) is 0 Å². The number of nitrogens with one attached hydrogen (secondary N) is 1. The quantitative estimate of drug-likeness (QED) is 0.667. The first kappa shape index (κ1) is 13.9. The Morgan fingerprint density at radius 3 is 2.50 bits per heavy atom. The Morgan fingerprint density at radius 2 is 1.94 bits per heavy atom. The predicted molar refractivity (Wildman–Crippen MR) is 63.2 cm³/mol. The molecule has 1 saturated heterocycles. The second-order valence-electron chi connectivity index (χ2n) is 4.41. The summed E-state index contributed by atoms with van der Waals surface area (Å²) < 4.78 is 27.7. The summed E-state index contributed by atoms with van der Waals surface area (Å²) in [5.74, 6) is 0.626. The van der Waals surface area contributed by atoms with Crippen molar-refractivity contribution in [3.8, 4) is 0 Å². The van der Waals surface area contributed by atoms with Crippen LogP contribution < -0.4 is 4.72 Å². The van der Waals surface area contributed by atoms with E-state index in [4.69, 9.17) is 5.11 Å². The molecule has 0 amide bonds. The largest absolute Gasteiger partial charge is 0.396 e. The Morgan fingerprint density at radius 1 is 1.31 bits per heavy atom. The lowest BCUT2D eigenvalue weighted by atomic mass is 10.0. The Kier molecular flexibility index (Phi) is 5.68. The van der Waals surface area contributed by atoms with Gasteiger partial charge in [0, 0.05) is 26.2 Å². The van der Waals surface area contributed by atoms with Gasteiger partial charge in [0.1, 0.15) is 0 Å². The van der Waals surface area contributed by atoms with Crippen LogP contribution in [0.1, 0.15) is 32.6 Å². The average Bonchev–Trinajstić information content (AvgIpc) is 2.25. The molecule has 0 spiro atoms. The van der Waals surface area contributed by atoms with Crippen molar-refractivity contribution in [2.24, 2.45) is 5.92 Å². The molecule has 5 nitrogen and oxygen atoms in total. The highest BCUT2D eigenvalue weighted by Crippen LogP contribution is 2.17. The molecule has 0 unspecified atom stereocenters. The van der Waals surface area contributed by atoms with Gasteiger partial charge in [0.2, 0.25) is 0 Å². The average molecular weight is 250 g/mol. The maximum atomic E-state index is 11.8. The number of piperidine rings is 1. The van der Waals surface area contributed by atoms with Gasteiger partial charge in [-0.3, -0.25) is 0 Å². The van der Waals surface area contributed by atoms with E-state index in [-0.39, 0.29) is 6.61 Å². The van der Waals surface area contributed by atoms with Gasteiger partial charge in [-0.05, 0) is 31.6 Å². The summed E-state index contributed by atoms with van der Waals surface area (Å²) in [4.78, 5) is 0. The van der Waals surface area contributed by atoms with E-state index in [2.05, 4.69) is 11.6 Å². The number of aliphatic hydroxyl groups excluding tert-OH is 1. The van der Waals surface area contributed by atoms with Gasteiger partial charge in [0.25, 0.3) is 10.2 Å². The van der Waals surface area contributed by atoms with E-state index in [0.717, 1.165) is 12.8 Å². The number of rotatable bonds is 6. The number of unbranched alkanes of at least 4 members (excludes halogenated alkanes) is 1. The van der Waals surface area contributed by atoms with Crippen molar-refractivity contribution in [3.63, 3.8) is 0 Å². The van der Waals surface area contributed by atoms with Crippen LogP contribution in [-0.4, -0.2) is 44.1 Å². The molecular weight excluding hydrogens is 228 g/mol. The number of aliphatic hydroxyl groups is 1. The molecule has 1 aliphatic rings. The van der Waals surface area contributed by atoms with Crippen LogP contribution in [0.5, 0.6) is 0 Å². The van der Waals surface area contributed by atoms with Crippen LogP contribution in [0.4, 0.5) is 0 Å². The molecule has 0 saturated carbocycles. The first-order valence-corrected chi connectivity index (χ1v) is 7.36. The van der Waals surface area contributed by atoms with Gasteiger partial charge in [0.15, 0.2) is 0 Å². The molecule has 0 radical (unpaired) electrons. The Labute approximate surface area is 98.0 Å². The van der Waals surface area contributed by atoms with Crippen molar-refractivity contribution < 1.29 is 13.5 Å². The third-order valence-corrected chi connectivity index (χ3v) is 4.57. The molecular formula is C10H22N2O3S. The molecule has 0 aromatic rings. The maximum Gasteiger partial charge on any atom is 0.279 e. The SMILES string of the molecule is CC1CCN(S(=O)(=O)NCCCCO)CC1. The lowest BCUT2D eigenvalue weighted by Crippen LogP contribution is -2.44. The summed E-state index contributed by atoms with van der Waals surface area (Å²) in [7, 11) is -3.29. The topological polar surface area (TPSA) is 69.6 Å². The van der Waals surface area contributed by atoms with E-state index in [9.17, 15) is 8.42 Å². The second kappa shape index (κ2) is 6.54. The zero-order valence-electron chi connectivity index (χ0n) is 9.85. The van der Waals surface area contributed by atoms with E-state index in [1.54, 1.807) is 0 Å². The van der Waals surface area contributed by atoms with Crippen molar-refractivity contribution in [2.45, 2.75) is 32.6 Å². The molecule has 0 atom stereocenters. The van der Waals surface area contributed by atoms with Crippen molar-refractivity contribution in [1.29, 1.82) is 0 Å². The zero-order chi connectivity index (χ0) is 12.0. The lowest BCUT2D eigenvalue weighted by Gasteiger charge is -2.29. The smallest absolute Gasteiger partial charge is 0.279 e. The fraction of sp³-hybridized carbons (Fsp3) is 1.00. The van der Waals surface area contributed by atoms with E-state index in [1.165, 1.54) is 4.31 Å². The summed E-state index contributed by atoms with van der Waals surface area (Å²) in [6, 6.07) is 0. The highest BCUT2D eigenvalue weighted by molar-refractivity contribution is 7.87. The number of nitrogens with zero attached hydrogens (tertiary/aromatic N) is 1. The third-order valence-electron chi connectivity index (χ3n) is 2.95. The molecule has 6 heteroatoms. The van der Waals surface area contributed by atoms with Crippen molar-refractivity contribution in [3.05, 3.63) is 0 Å². The van der Waals surface area contributed by atoms with E-state index in [0.29, 0.717) is 38.4 Å². The minimum absolute atomic E-state index is 0.114. The minimum atomic E-state index is -3.29. The third kappa shape index (κ3) is 4.37. The molecule has 0 aliphatic carbocycles. The molecule has 1 heterocycles. The van der Waals surface area contributed by atoms with Crippen LogP contribution in [0.15, 0.2) is 0 Å². The number of hydrogen-bond acceptors (Lipinski definition) is 3. The maximum absolute atomic E-state index is 11.8. The highest BCUT2D eigenvalue weighted by atomic mass is 32.2. The van der Waals surface area contributed by atoms with Crippen LogP contribution in [0.25, 0.3) is 0 Å². The van der Waals surface area contributed by atoms with Gasteiger partial charge in [-0.1, -0.05) is 6.92 Å². The predicted octanol–water partition coefficient (Wildman–Crippen LogP) is 0.325. The fourth-order valence-corrected chi connectivity index (χ4v) is 3.03. The van der Waals surface area contributed by atoms with Gasteiger partial charge in [-0.25, -0.2) is 4.72 Å². The summed E-state index contributed by atoms with van der Waals surface area (Å²) in [6.07, 6.45) is 3.20. The van der Waals surface area contributed by atoms with Crippen LogP contribution in [-0.2, 0) is 10.2 Å². The minimum Gasteiger partial charge on any atom is -0.396 e. The summed E-state index contributed by atoms with van der Waals surface area (Å²) in [6.45, 7) is 3.92. The summed E-state index contributed by atoms with van der Waals surface area (Å²) in [5.41, 5.74) is 0. The molecule has 1 rings (SSSR count). The molecule has 0 aromatic heterocycles. The molecule has 1 aliphatic heterocycles. The van der Waals surface area contributed by atoms with Gasteiger partial charge in [0.05, 0.1) is 0 Å². The van der Waals surface area contributed by atoms with Crippen LogP contribution in [0.3, 0.4) is 0 Å². The Balaban J connectivity index is 2.33. The second-order valence-corrected chi connectivity index (χ2v) is 6.17. The molecule has 0 aromatic carbocycles. The molecule has 2 N–H and O–H groups in total. The van der Waals surface area contributed by atoms with Crippen molar-refractivity contribution in [1.82, 2.24) is 9.03 Å². The van der Waals surface area contributed by atoms with Gasteiger partial charge >= 0.3 is 0 Å². The van der Waals surface area contributed by atoms with Gasteiger partial charge in [-0.15, -0.1) is 0 Å². The van der Waals surface area contributed by atoms with Crippen LogP contribution in [0.2, 0.25) is 0 Å². The van der Waals surface area contributed by atoms with E-state index >= 15 is 0 Å². The first-order chi connectivity index (χ1) is 7.56. The zero-order valence-corrected chi connectivity index (χ0v) is 10.7. The Bertz CT molecular complexity index is 284. The molecule has 16 heavy (non-hydrogen) atoms. The van der Waals surface area contributed by atoms with E-state index < -0.39 is 10.2 Å². The molecule has 96 valence electrons. The molecule has 0 bridgehead atoms. The van der Waals surface area contributed by atoms with Gasteiger partial charge < -0.3 is 5.11 Å². The fourth-order valence-electron chi connectivity index (χ4n) is 1.75. The summed E-state index contributed by atoms with van der Waals surface area (Å²) in [5, 5.41) is 8.59. The lowest BCUT2D eigenvalue weighted by molar-refractivity contribution is 0.279. The Hall–Kier alpha value is -0.170. The number of hydrogen-bond donors (Lipinski definition) is 2. The molecule has 1 fully saturated rings. The first-order valence-electron chi connectivity index (χ1n) is 5.92. The van der Waals surface area contributed by atoms with Crippen LogP contribution >= 0.6 is 0 Å². The van der Waals surface area contributed by atoms with Crippen LogP contribution in [0, 0.1) is 5.92 Å².